The average molecular weight is 284 g/mol. The molecule has 0 aliphatic rings. The molecule has 5 heteroatoms. The minimum Gasteiger partial charge on any atom is -0.393 e. The molecule has 18 heavy (non-hydrogen) atoms. The monoisotopic (exact) mass is 284 g/mol. The van der Waals surface area contributed by atoms with E-state index in [1.165, 1.54) is 4.88 Å². The summed E-state index contributed by atoms with van der Waals surface area (Å²) in [5.41, 5.74) is 5.63. The highest BCUT2D eigenvalue weighted by atomic mass is 32.1. The van der Waals surface area contributed by atoms with Gasteiger partial charge in [0.05, 0.1) is 16.9 Å². The second-order valence-electron chi connectivity index (χ2n) is 4.80. The van der Waals surface area contributed by atoms with Crippen molar-refractivity contribution in [2.75, 3.05) is 0 Å². The van der Waals surface area contributed by atoms with Crippen LogP contribution in [0, 0.1) is 18.8 Å². The maximum Gasteiger partial charge on any atom is 0.230 e. The average Bonchev–Trinajstić information content (AvgIpc) is 2.63. The number of carbonyl (C=O) groups is 1. The fourth-order valence-electron chi connectivity index (χ4n) is 1.82. The maximum atomic E-state index is 12.1. The standard InChI is InChI=1S/C13H20N2OS2/c1-7(2)11(12(14)17)13(16)15-9(4)10-6-5-8(3)18-10/h5-7,9,11H,1-4H3,(H2,14,17)(H,15,16). The van der Waals surface area contributed by atoms with Gasteiger partial charge in [-0.15, -0.1) is 11.3 Å². The van der Waals surface area contributed by atoms with Gasteiger partial charge in [-0.25, -0.2) is 0 Å². The Labute approximate surface area is 118 Å². The minimum atomic E-state index is -0.400. The molecule has 1 rings (SSSR count). The zero-order chi connectivity index (χ0) is 13.9. The molecule has 3 nitrogen and oxygen atoms in total. The summed E-state index contributed by atoms with van der Waals surface area (Å²) in [5, 5.41) is 2.98. The van der Waals surface area contributed by atoms with E-state index >= 15 is 0 Å². The van der Waals surface area contributed by atoms with Crippen molar-refractivity contribution in [3.63, 3.8) is 0 Å². The summed E-state index contributed by atoms with van der Waals surface area (Å²) in [4.78, 5) is 14.8. The van der Waals surface area contributed by atoms with E-state index in [1.807, 2.05) is 26.8 Å². The van der Waals surface area contributed by atoms with Crippen LogP contribution < -0.4 is 11.1 Å². The largest absolute Gasteiger partial charge is 0.393 e. The lowest BCUT2D eigenvalue weighted by atomic mass is 9.94. The maximum absolute atomic E-state index is 12.1. The first-order valence-corrected chi connectivity index (χ1v) is 7.21. The Morgan fingerprint density at radius 2 is 2.00 bits per heavy atom. The first-order chi connectivity index (χ1) is 8.32. The number of thiophene rings is 1. The Bertz CT molecular complexity index is 440. The molecular formula is C13H20N2OS2. The number of hydrogen-bond acceptors (Lipinski definition) is 3. The van der Waals surface area contributed by atoms with Gasteiger partial charge in [-0.05, 0) is 31.9 Å². The van der Waals surface area contributed by atoms with Gasteiger partial charge in [0.1, 0.15) is 0 Å². The molecular weight excluding hydrogens is 264 g/mol. The number of amides is 1. The van der Waals surface area contributed by atoms with Gasteiger partial charge in [-0.2, -0.15) is 0 Å². The summed E-state index contributed by atoms with van der Waals surface area (Å²) in [7, 11) is 0. The highest BCUT2D eigenvalue weighted by Crippen LogP contribution is 2.23. The molecule has 2 atom stereocenters. The van der Waals surface area contributed by atoms with Gasteiger partial charge in [0, 0.05) is 9.75 Å². The van der Waals surface area contributed by atoms with Gasteiger partial charge in [-0.1, -0.05) is 26.1 Å². The molecule has 100 valence electrons. The molecule has 0 saturated carbocycles. The third-order valence-electron chi connectivity index (χ3n) is 2.80. The Hall–Kier alpha value is -0.940. The van der Waals surface area contributed by atoms with Crippen molar-refractivity contribution in [2.45, 2.75) is 33.7 Å². The molecule has 2 unspecified atom stereocenters. The Morgan fingerprint density at radius 3 is 2.39 bits per heavy atom. The van der Waals surface area contributed by atoms with Crippen molar-refractivity contribution in [2.24, 2.45) is 17.6 Å². The van der Waals surface area contributed by atoms with Gasteiger partial charge in [0.25, 0.3) is 0 Å². The molecule has 0 aliphatic heterocycles. The van der Waals surface area contributed by atoms with Gasteiger partial charge in [-0.3, -0.25) is 4.79 Å². The molecule has 1 aromatic rings. The number of nitrogens with one attached hydrogen (secondary N) is 1. The van der Waals surface area contributed by atoms with Crippen LogP contribution in [0.2, 0.25) is 0 Å². The van der Waals surface area contributed by atoms with Gasteiger partial charge in [0.2, 0.25) is 5.91 Å². The normalized spacial score (nSPS) is 14.3. The van der Waals surface area contributed by atoms with Crippen molar-refractivity contribution in [1.82, 2.24) is 5.32 Å². The van der Waals surface area contributed by atoms with Crippen LogP contribution in [-0.2, 0) is 4.79 Å². The van der Waals surface area contributed by atoms with Crippen LogP contribution in [0.25, 0.3) is 0 Å². The lowest BCUT2D eigenvalue weighted by Crippen LogP contribution is -2.41. The fraction of sp³-hybridized carbons (Fsp3) is 0.538. The van der Waals surface area contributed by atoms with Crippen molar-refractivity contribution >= 4 is 34.5 Å². The predicted octanol–water partition coefficient (Wildman–Crippen LogP) is 2.79. The lowest BCUT2D eigenvalue weighted by Gasteiger charge is -2.21. The molecule has 1 aromatic heterocycles. The van der Waals surface area contributed by atoms with E-state index in [1.54, 1.807) is 11.3 Å². The molecule has 0 radical (unpaired) electrons. The van der Waals surface area contributed by atoms with E-state index in [0.717, 1.165) is 4.88 Å². The summed E-state index contributed by atoms with van der Waals surface area (Å²) < 4.78 is 0. The van der Waals surface area contributed by atoms with Crippen molar-refractivity contribution in [1.29, 1.82) is 0 Å². The second kappa shape index (κ2) is 6.29. The van der Waals surface area contributed by atoms with Crippen LogP contribution in [0.4, 0.5) is 0 Å². The smallest absolute Gasteiger partial charge is 0.230 e. The van der Waals surface area contributed by atoms with E-state index in [-0.39, 0.29) is 22.9 Å². The SMILES string of the molecule is Cc1ccc(C(C)NC(=O)C(C(N)=S)C(C)C)s1. The fourth-order valence-corrected chi connectivity index (χ4v) is 3.08. The number of carbonyl (C=O) groups excluding carboxylic acids is 1. The van der Waals surface area contributed by atoms with Crippen LogP contribution in [0.5, 0.6) is 0 Å². The van der Waals surface area contributed by atoms with E-state index < -0.39 is 5.92 Å². The first kappa shape index (κ1) is 15.1. The minimum absolute atomic E-state index is 0.00759. The van der Waals surface area contributed by atoms with Gasteiger partial charge < -0.3 is 11.1 Å². The van der Waals surface area contributed by atoms with Crippen molar-refractivity contribution in [3.05, 3.63) is 21.9 Å². The van der Waals surface area contributed by atoms with Crippen LogP contribution in [0.3, 0.4) is 0 Å². The molecule has 0 aliphatic carbocycles. The van der Waals surface area contributed by atoms with E-state index in [0.29, 0.717) is 0 Å². The topological polar surface area (TPSA) is 55.1 Å². The number of nitrogens with two attached hydrogens (primary N) is 1. The Kier molecular flexibility index (Phi) is 5.28. The van der Waals surface area contributed by atoms with E-state index in [2.05, 4.69) is 18.3 Å². The molecule has 1 amide bonds. The molecule has 0 spiro atoms. The molecule has 3 N–H and O–H groups in total. The van der Waals surface area contributed by atoms with Crippen molar-refractivity contribution < 1.29 is 4.79 Å². The summed E-state index contributed by atoms with van der Waals surface area (Å²) >= 11 is 6.65. The number of thiocarbonyl (C=S) groups is 1. The lowest BCUT2D eigenvalue weighted by molar-refractivity contribution is -0.124. The number of aryl methyl sites for hydroxylation is 1. The first-order valence-electron chi connectivity index (χ1n) is 5.99. The molecule has 0 bridgehead atoms. The van der Waals surface area contributed by atoms with Crippen LogP contribution in [0.1, 0.15) is 36.6 Å². The number of rotatable bonds is 5. The summed E-state index contributed by atoms with van der Waals surface area (Å²) in [5.74, 6) is -0.376. The summed E-state index contributed by atoms with van der Waals surface area (Å²) in [6.45, 7) is 7.92. The quantitative estimate of drug-likeness (QED) is 0.818. The number of hydrogen-bond donors (Lipinski definition) is 2. The zero-order valence-electron chi connectivity index (χ0n) is 11.2. The molecule has 0 saturated heterocycles. The van der Waals surface area contributed by atoms with Crippen molar-refractivity contribution in [3.8, 4) is 0 Å². The van der Waals surface area contributed by atoms with Gasteiger partial charge in [0.15, 0.2) is 0 Å². The Balaban J connectivity index is 2.72. The molecule has 1 heterocycles. The summed E-state index contributed by atoms with van der Waals surface area (Å²) in [6, 6.07) is 4.08. The molecule has 0 fully saturated rings. The highest BCUT2D eigenvalue weighted by Gasteiger charge is 2.26. The van der Waals surface area contributed by atoms with E-state index in [9.17, 15) is 4.79 Å². The third kappa shape index (κ3) is 3.78. The predicted molar refractivity (Wildman–Crippen MR) is 80.7 cm³/mol. The van der Waals surface area contributed by atoms with Crippen LogP contribution >= 0.6 is 23.6 Å². The van der Waals surface area contributed by atoms with E-state index in [4.69, 9.17) is 18.0 Å². The van der Waals surface area contributed by atoms with Crippen LogP contribution in [0.15, 0.2) is 12.1 Å². The zero-order valence-corrected chi connectivity index (χ0v) is 12.8. The summed E-state index contributed by atoms with van der Waals surface area (Å²) in [6.07, 6.45) is 0. The van der Waals surface area contributed by atoms with Crippen LogP contribution in [-0.4, -0.2) is 10.9 Å². The highest BCUT2D eigenvalue weighted by molar-refractivity contribution is 7.80. The molecule has 0 aromatic carbocycles. The van der Waals surface area contributed by atoms with Gasteiger partial charge >= 0.3 is 0 Å². The second-order valence-corrected chi connectivity index (χ2v) is 6.59. The third-order valence-corrected chi connectivity index (χ3v) is 4.24. The Morgan fingerprint density at radius 1 is 1.39 bits per heavy atom.